The van der Waals surface area contributed by atoms with Crippen LogP contribution in [0.4, 0.5) is 10.5 Å². The Labute approximate surface area is 134 Å². The Kier molecular flexibility index (Phi) is 4.27. The van der Waals surface area contributed by atoms with E-state index in [1.807, 2.05) is 17.7 Å². The van der Waals surface area contributed by atoms with Crippen LogP contribution in [0.5, 0.6) is 0 Å². The van der Waals surface area contributed by atoms with Crippen LogP contribution < -0.4 is 15.5 Å². The number of nitrogens with one attached hydrogen (secondary N) is 2. The zero-order chi connectivity index (χ0) is 16.2. The van der Waals surface area contributed by atoms with Crippen molar-refractivity contribution in [2.75, 3.05) is 18.0 Å². The molecule has 2 aromatic rings. The molecule has 1 aliphatic heterocycles. The Morgan fingerprint density at radius 3 is 2.78 bits per heavy atom. The second-order valence-electron chi connectivity index (χ2n) is 5.56. The fraction of sp³-hybridized carbons (Fsp3) is 0.312. The highest BCUT2D eigenvalue weighted by Gasteiger charge is 2.21. The lowest BCUT2D eigenvalue weighted by Crippen LogP contribution is -2.35. The fourth-order valence-electron chi connectivity index (χ4n) is 2.57. The average molecular weight is 313 g/mol. The number of benzene rings is 1. The lowest BCUT2D eigenvalue weighted by Gasteiger charge is -2.16. The van der Waals surface area contributed by atoms with Gasteiger partial charge in [0.05, 0.1) is 6.33 Å². The zero-order valence-electron chi connectivity index (χ0n) is 12.9. The van der Waals surface area contributed by atoms with E-state index in [2.05, 4.69) is 15.6 Å². The van der Waals surface area contributed by atoms with Gasteiger partial charge in [0.2, 0.25) is 0 Å². The smallest absolute Gasteiger partial charge is 0.321 e. The molecule has 0 saturated carbocycles. The molecule has 0 radical (unpaired) electrons. The van der Waals surface area contributed by atoms with Gasteiger partial charge >= 0.3 is 6.03 Å². The maximum atomic E-state index is 12.3. The Bertz CT molecular complexity index is 681. The van der Waals surface area contributed by atoms with Crippen molar-refractivity contribution in [2.24, 2.45) is 0 Å². The number of carbonyl (C=O) groups is 2. The molecule has 120 valence electrons. The van der Waals surface area contributed by atoms with Gasteiger partial charge in [0.1, 0.15) is 0 Å². The van der Waals surface area contributed by atoms with E-state index in [9.17, 15) is 9.59 Å². The summed E-state index contributed by atoms with van der Waals surface area (Å²) in [4.78, 5) is 29.5. The summed E-state index contributed by atoms with van der Waals surface area (Å²) in [5.74, 6) is -0.130. The molecule has 2 N–H and O–H groups in total. The molecule has 3 amide bonds. The number of hydrogen-bond donors (Lipinski definition) is 2. The molecule has 1 aromatic carbocycles. The maximum absolute atomic E-state index is 12.3. The standard InChI is InChI=1S/C16H19N5O2/c1-12(10-20-8-6-17-11-20)19-15(22)13-2-4-14(5-3-13)21-9-7-18-16(21)23/h2-6,8,11-12H,7,9-10H2,1H3,(H,18,23)(H,19,22)/t12-/m0/s1. The van der Waals surface area contributed by atoms with Crippen LogP contribution in [0.2, 0.25) is 0 Å². The van der Waals surface area contributed by atoms with Gasteiger partial charge < -0.3 is 15.2 Å². The molecule has 0 bridgehead atoms. The molecule has 23 heavy (non-hydrogen) atoms. The summed E-state index contributed by atoms with van der Waals surface area (Å²) >= 11 is 0. The van der Waals surface area contributed by atoms with Crippen molar-refractivity contribution in [3.63, 3.8) is 0 Å². The molecule has 0 spiro atoms. The first-order chi connectivity index (χ1) is 11.1. The minimum absolute atomic E-state index is 0.0132. The normalized spacial score (nSPS) is 15.3. The van der Waals surface area contributed by atoms with Gasteiger partial charge in [-0.2, -0.15) is 0 Å². The monoisotopic (exact) mass is 313 g/mol. The Morgan fingerprint density at radius 2 is 2.17 bits per heavy atom. The first-order valence-electron chi connectivity index (χ1n) is 7.55. The van der Waals surface area contributed by atoms with Crippen LogP contribution in [0.25, 0.3) is 0 Å². The van der Waals surface area contributed by atoms with Gasteiger partial charge in [-0.15, -0.1) is 0 Å². The van der Waals surface area contributed by atoms with Gasteiger partial charge in [-0.05, 0) is 31.2 Å². The molecule has 0 unspecified atom stereocenters. The van der Waals surface area contributed by atoms with Crippen molar-refractivity contribution < 1.29 is 9.59 Å². The second kappa shape index (κ2) is 6.51. The number of aromatic nitrogens is 2. The van der Waals surface area contributed by atoms with Crippen LogP contribution in [-0.4, -0.2) is 40.6 Å². The number of nitrogens with zero attached hydrogens (tertiary/aromatic N) is 3. The largest absolute Gasteiger partial charge is 0.348 e. The summed E-state index contributed by atoms with van der Waals surface area (Å²) in [6, 6.07) is 6.94. The van der Waals surface area contributed by atoms with Crippen molar-refractivity contribution in [1.29, 1.82) is 0 Å². The predicted molar refractivity (Wildman–Crippen MR) is 86.3 cm³/mol. The van der Waals surface area contributed by atoms with Crippen LogP contribution in [0.15, 0.2) is 43.0 Å². The van der Waals surface area contributed by atoms with Gasteiger partial charge in [0.25, 0.3) is 5.91 Å². The second-order valence-corrected chi connectivity index (χ2v) is 5.56. The van der Waals surface area contributed by atoms with E-state index in [0.717, 1.165) is 5.69 Å². The molecule has 1 aliphatic rings. The average Bonchev–Trinajstić information content (AvgIpc) is 3.19. The van der Waals surface area contributed by atoms with Gasteiger partial charge in [-0.25, -0.2) is 9.78 Å². The highest BCUT2D eigenvalue weighted by molar-refractivity contribution is 5.97. The highest BCUT2D eigenvalue weighted by Crippen LogP contribution is 2.17. The lowest BCUT2D eigenvalue weighted by molar-refractivity contribution is 0.0936. The quantitative estimate of drug-likeness (QED) is 0.871. The molecule has 3 rings (SSSR count). The topological polar surface area (TPSA) is 79.3 Å². The van der Waals surface area contributed by atoms with Gasteiger partial charge in [0, 0.05) is 49.3 Å². The van der Waals surface area contributed by atoms with Crippen LogP contribution >= 0.6 is 0 Å². The van der Waals surface area contributed by atoms with Crippen molar-refractivity contribution >= 4 is 17.6 Å². The van der Waals surface area contributed by atoms with Crippen molar-refractivity contribution in [3.8, 4) is 0 Å². The van der Waals surface area contributed by atoms with Gasteiger partial charge in [-0.1, -0.05) is 0 Å². The van der Waals surface area contributed by atoms with E-state index in [0.29, 0.717) is 25.2 Å². The molecule has 1 fully saturated rings. The first kappa shape index (κ1) is 15.1. The minimum Gasteiger partial charge on any atom is -0.348 e. The Morgan fingerprint density at radius 1 is 1.39 bits per heavy atom. The number of carbonyl (C=O) groups excluding carboxylic acids is 2. The highest BCUT2D eigenvalue weighted by atomic mass is 16.2. The molecule has 7 nitrogen and oxygen atoms in total. The third kappa shape index (κ3) is 3.50. The van der Waals surface area contributed by atoms with Gasteiger partial charge in [-0.3, -0.25) is 9.69 Å². The molecule has 7 heteroatoms. The predicted octanol–water partition coefficient (Wildman–Crippen LogP) is 1.23. The van der Waals surface area contributed by atoms with Crippen molar-refractivity contribution in [1.82, 2.24) is 20.2 Å². The molecule has 1 saturated heterocycles. The molecule has 1 aromatic heterocycles. The van der Waals surface area contributed by atoms with Crippen molar-refractivity contribution in [3.05, 3.63) is 48.5 Å². The summed E-state index contributed by atoms with van der Waals surface area (Å²) in [6.07, 6.45) is 5.29. The summed E-state index contributed by atoms with van der Waals surface area (Å²) < 4.78 is 1.92. The van der Waals surface area contributed by atoms with Crippen LogP contribution in [-0.2, 0) is 6.54 Å². The van der Waals surface area contributed by atoms with E-state index in [4.69, 9.17) is 0 Å². The maximum Gasteiger partial charge on any atom is 0.321 e. The zero-order valence-corrected chi connectivity index (χ0v) is 12.9. The molecular formula is C16H19N5O2. The number of imidazole rings is 1. The lowest BCUT2D eigenvalue weighted by atomic mass is 10.1. The third-order valence-electron chi connectivity index (χ3n) is 3.72. The van der Waals surface area contributed by atoms with Crippen LogP contribution in [0, 0.1) is 0 Å². The Hall–Kier alpha value is -2.83. The molecular weight excluding hydrogens is 294 g/mol. The van der Waals surface area contributed by atoms with Crippen molar-refractivity contribution in [2.45, 2.75) is 19.5 Å². The Balaban J connectivity index is 1.60. The summed E-state index contributed by atoms with van der Waals surface area (Å²) in [6.45, 7) is 3.90. The third-order valence-corrected chi connectivity index (χ3v) is 3.72. The number of hydrogen-bond acceptors (Lipinski definition) is 3. The van der Waals surface area contributed by atoms with E-state index >= 15 is 0 Å². The fourth-order valence-corrected chi connectivity index (χ4v) is 2.57. The van der Waals surface area contributed by atoms with Crippen LogP contribution in [0.1, 0.15) is 17.3 Å². The number of amides is 3. The minimum atomic E-state index is -0.130. The summed E-state index contributed by atoms with van der Waals surface area (Å²) in [5.41, 5.74) is 1.37. The van der Waals surface area contributed by atoms with Gasteiger partial charge in [0.15, 0.2) is 0 Å². The first-order valence-corrected chi connectivity index (χ1v) is 7.55. The van der Waals surface area contributed by atoms with E-state index < -0.39 is 0 Å². The van der Waals surface area contributed by atoms with Crippen LogP contribution in [0.3, 0.4) is 0 Å². The summed E-state index contributed by atoms with van der Waals surface area (Å²) in [5, 5.41) is 5.70. The molecule has 2 heterocycles. The van der Waals surface area contributed by atoms with E-state index in [1.54, 1.807) is 41.7 Å². The SMILES string of the molecule is C[C@@H](Cn1ccnc1)NC(=O)c1ccc(N2CCNC2=O)cc1. The molecule has 0 aliphatic carbocycles. The van der Waals surface area contributed by atoms with E-state index in [1.165, 1.54) is 0 Å². The number of anilines is 1. The number of urea groups is 1. The summed E-state index contributed by atoms with van der Waals surface area (Å²) in [7, 11) is 0. The number of rotatable bonds is 5. The van der Waals surface area contributed by atoms with E-state index in [-0.39, 0.29) is 18.0 Å². The molecule has 1 atom stereocenters.